The molecular formula is C19H19F2N3O2S. The number of hydrogen-bond acceptors (Lipinski definition) is 4. The predicted molar refractivity (Wildman–Crippen MR) is 103 cm³/mol. The molecular weight excluding hydrogens is 372 g/mol. The number of aromatic amines is 1. The third-order valence-corrected chi connectivity index (χ3v) is 4.87. The smallest absolute Gasteiger partial charge is 0.264 e. The van der Waals surface area contributed by atoms with Crippen LogP contribution in [0.25, 0.3) is 22.3 Å². The summed E-state index contributed by atoms with van der Waals surface area (Å²) in [6.07, 6.45) is -2.15. The van der Waals surface area contributed by atoms with E-state index in [1.807, 2.05) is 13.8 Å². The van der Waals surface area contributed by atoms with Crippen LogP contribution < -0.4 is 10.3 Å². The molecule has 142 valence electrons. The zero-order valence-corrected chi connectivity index (χ0v) is 15.9. The number of nitrogens with one attached hydrogen (secondary N) is 1. The van der Waals surface area contributed by atoms with Gasteiger partial charge >= 0.3 is 0 Å². The van der Waals surface area contributed by atoms with Crippen molar-refractivity contribution in [2.45, 2.75) is 32.7 Å². The monoisotopic (exact) mass is 391 g/mol. The maximum Gasteiger partial charge on any atom is 0.264 e. The molecule has 0 unspecified atom stereocenters. The van der Waals surface area contributed by atoms with E-state index in [-0.39, 0.29) is 27.4 Å². The Kier molecular flexibility index (Phi) is 5.36. The third kappa shape index (κ3) is 3.37. The molecule has 0 spiro atoms. The van der Waals surface area contributed by atoms with Crippen molar-refractivity contribution < 1.29 is 13.5 Å². The minimum Gasteiger partial charge on any atom is -0.496 e. The van der Waals surface area contributed by atoms with Crippen molar-refractivity contribution in [3.8, 4) is 17.0 Å². The van der Waals surface area contributed by atoms with E-state index >= 15 is 0 Å². The Morgan fingerprint density at radius 3 is 2.67 bits per heavy atom. The average molecular weight is 391 g/mol. The number of nitrogens with zero attached hydrogens (tertiary/aromatic N) is 2. The number of hydrogen-bond donors (Lipinski definition) is 1. The van der Waals surface area contributed by atoms with Gasteiger partial charge in [0.25, 0.3) is 12.0 Å². The molecule has 0 saturated heterocycles. The maximum absolute atomic E-state index is 13.8. The minimum absolute atomic E-state index is 0.122. The van der Waals surface area contributed by atoms with Gasteiger partial charge in [-0.1, -0.05) is 19.1 Å². The molecule has 8 heteroatoms. The molecule has 1 atom stereocenters. The van der Waals surface area contributed by atoms with E-state index in [9.17, 15) is 13.6 Å². The first-order chi connectivity index (χ1) is 12.9. The van der Waals surface area contributed by atoms with Crippen LogP contribution in [0.3, 0.4) is 0 Å². The molecule has 1 N–H and O–H groups in total. The summed E-state index contributed by atoms with van der Waals surface area (Å²) in [5.74, 6) is 0.503. The summed E-state index contributed by atoms with van der Waals surface area (Å²) in [5.41, 5.74) is -0.0343. The summed E-state index contributed by atoms with van der Waals surface area (Å²) in [4.78, 5) is 19.5. The van der Waals surface area contributed by atoms with Crippen molar-refractivity contribution in [3.05, 3.63) is 51.0 Å². The van der Waals surface area contributed by atoms with Crippen molar-refractivity contribution in [3.63, 3.8) is 0 Å². The summed E-state index contributed by atoms with van der Waals surface area (Å²) >= 11 is 5.28. The Hall–Kier alpha value is -2.61. The number of pyridine rings is 1. The van der Waals surface area contributed by atoms with E-state index in [0.29, 0.717) is 23.4 Å². The van der Waals surface area contributed by atoms with Crippen LogP contribution in [0.1, 0.15) is 38.3 Å². The molecule has 0 aliphatic rings. The van der Waals surface area contributed by atoms with Crippen LogP contribution >= 0.6 is 12.2 Å². The van der Waals surface area contributed by atoms with Gasteiger partial charge in [-0.15, -0.1) is 0 Å². The van der Waals surface area contributed by atoms with Crippen LogP contribution in [0.2, 0.25) is 0 Å². The first-order valence-corrected chi connectivity index (χ1v) is 8.90. The van der Waals surface area contributed by atoms with Crippen LogP contribution in [-0.2, 0) is 0 Å². The van der Waals surface area contributed by atoms with E-state index < -0.39 is 12.0 Å². The standard InChI is InChI=1S/C19H19F2N3O2S/c1-4-10(2)24-17-15(18(25)23-19(24)27)12(16(20)21)9-13(22-17)11-7-5-6-8-14(11)26-3/h5-10,16H,4H2,1-3H3,(H,23,25,27)/t10-/m0/s1. The van der Waals surface area contributed by atoms with Crippen molar-refractivity contribution in [1.29, 1.82) is 0 Å². The number of alkyl halides is 2. The Morgan fingerprint density at radius 2 is 2.04 bits per heavy atom. The largest absolute Gasteiger partial charge is 0.496 e. The predicted octanol–water partition coefficient (Wildman–Crippen LogP) is 5.04. The van der Waals surface area contributed by atoms with Crippen molar-refractivity contribution in [2.75, 3.05) is 7.11 Å². The van der Waals surface area contributed by atoms with E-state index in [4.69, 9.17) is 17.0 Å². The quantitative estimate of drug-likeness (QED) is 0.619. The number of fused-ring (bicyclic) bond motifs is 1. The molecule has 0 radical (unpaired) electrons. The first kappa shape index (κ1) is 19.2. The summed E-state index contributed by atoms with van der Waals surface area (Å²) in [7, 11) is 1.50. The second-order valence-corrected chi connectivity index (χ2v) is 6.57. The SMILES string of the molecule is CC[C@H](C)n1c(=S)[nH]c(=O)c2c(C(F)F)cc(-c3ccccc3OC)nc21. The van der Waals surface area contributed by atoms with Crippen LogP contribution in [-0.4, -0.2) is 21.6 Å². The summed E-state index contributed by atoms with van der Waals surface area (Å²) in [6.45, 7) is 3.84. The van der Waals surface area contributed by atoms with Crippen LogP contribution in [0.15, 0.2) is 35.1 Å². The molecule has 27 heavy (non-hydrogen) atoms. The van der Waals surface area contributed by atoms with E-state index in [0.717, 1.165) is 0 Å². The molecule has 0 aliphatic heterocycles. The van der Waals surface area contributed by atoms with Gasteiger partial charge in [-0.05, 0) is 43.8 Å². The lowest BCUT2D eigenvalue weighted by Gasteiger charge is -2.19. The molecule has 0 saturated carbocycles. The highest BCUT2D eigenvalue weighted by molar-refractivity contribution is 7.71. The number of methoxy groups -OCH3 is 1. The average Bonchev–Trinajstić information content (AvgIpc) is 2.66. The van der Waals surface area contributed by atoms with Gasteiger partial charge in [-0.25, -0.2) is 13.8 Å². The van der Waals surface area contributed by atoms with Crippen molar-refractivity contribution in [2.24, 2.45) is 0 Å². The van der Waals surface area contributed by atoms with Gasteiger partial charge in [-0.3, -0.25) is 14.3 Å². The zero-order chi connectivity index (χ0) is 19.7. The fraction of sp³-hybridized carbons (Fsp3) is 0.316. The van der Waals surface area contributed by atoms with Gasteiger partial charge in [-0.2, -0.15) is 0 Å². The highest BCUT2D eigenvalue weighted by atomic mass is 32.1. The Bertz CT molecular complexity index is 1110. The molecule has 3 aromatic rings. The van der Waals surface area contributed by atoms with Crippen molar-refractivity contribution >= 4 is 23.3 Å². The Labute approximate surface area is 159 Å². The third-order valence-electron chi connectivity index (χ3n) is 4.57. The number of aromatic nitrogens is 3. The van der Waals surface area contributed by atoms with Gasteiger partial charge in [0.15, 0.2) is 4.77 Å². The van der Waals surface area contributed by atoms with Crippen molar-refractivity contribution in [1.82, 2.24) is 14.5 Å². The molecule has 0 aliphatic carbocycles. The molecule has 3 rings (SSSR count). The summed E-state index contributed by atoms with van der Waals surface area (Å²) in [5, 5.41) is -0.141. The van der Waals surface area contributed by atoms with Crippen LogP contribution in [0, 0.1) is 4.77 Å². The lowest BCUT2D eigenvalue weighted by Crippen LogP contribution is -2.19. The molecule has 5 nitrogen and oxygen atoms in total. The number of halogens is 2. The van der Waals surface area contributed by atoms with Gasteiger partial charge in [0.05, 0.1) is 18.2 Å². The van der Waals surface area contributed by atoms with Gasteiger partial charge in [0.1, 0.15) is 11.4 Å². The lowest BCUT2D eigenvalue weighted by atomic mass is 10.1. The fourth-order valence-corrected chi connectivity index (χ4v) is 3.39. The van der Waals surface area contributed by atoms with Gasteiger partial charge < -0.3 is 4.74 Å². The van der Waals surface area contributed by atoms with Gasteiger partial charge in [0, 0.05) is 17.2 Å². The number of ether oxygens (including phenoxy) is 1. The van der Waals surface area contributed by atoms with Crippen LogP contribution in [0.4, 0.5) is 8.78 Å². The Balaban J connectivity index is 2.49. The van der Waals surface area contributed by atoms with E-state index in [2.05, 4.69) is 9.97 Å². The summed E-state index contributed by atoms with van der Waals surface area (Å²) < 4.78 is 34.8. The number of rotatable bonds is 5. The van der Waals surface area contributed by atoms with Gasteiger partial charge in [0.2, 0.25) is 0 Å². The molecule has 2 aromatic heterocycles. The molecule has 0 bridgehead atoms. The minimum atomic E-state index is -2.84. The highest BCUT2D eigenvalue weighted by Gasteiger charge is 2.22. The van der Waals surface area contributed by atoms with E-state index in [1.54, 1.807) is 28.8 Å². The second-order valence-electron chi connectivity index (χ2n) is 6.18. The van der Waals surface area contributed by atoms with E-state index in [1.165, 1.54) is 13.2 Å². The number of para-hydroxylation sites is 1. The lowest BCUT2D eigenvalue weighted by molar-refractivity contribution is 0.153. The maximum atomic E-state index is 13.8. The molecule has 2 heterocycles. The zero-order valence-electron chi connectivity index (χ0n) is 15.1. The summed E-state index contributed by atoms with van der Waals surface area (Å²) in [6, 6.07) is 8.13. The fourth-order valence-electron chi connectivity index (χ4n) is 3.03. The topological polar surface area (TPSA) is 59.9 Å². The highest BCUT2D eigenvalue weighted by Crippen LogP contribution is 2.34. The number of benzene rings is 1. The molecule has 0 amide bonds. The normalized spacial score (nSPS) is 12.5. The number of H-pyrrole nitrogens is 1. The molecule has 0 fully saturated rings. The molecule has 1 aromatic carbocycles. The van der Waals surface area contributed by atoms with Crippen LogP contribution in [0.5, 0.6) is 5.75 Å². The second kappa shape index (κ2) is 7.56. The first-order valence-electron chi connectivity index (χ1n) is 8.50. The Morgan fingerprint density at radius 1 is 1.33 bits per heavy atom.